The lowest BCUT2D eigenvalue weighted by atomic mass is 9.77. The van der Waals surface area contributed by atoms with Gasteiger partial charge in [-0.15, -0.1) is 0 Å². The normalized spacial score (nSPS) is 21.5. The van der Waals surface area contributed by atoms with E-state index in [9.17, 15) is 10.1 Å². The maximum Gasteiger partial charge on any atom is 0.315 e. The summed E-state index contributed by atoms with van der Waals surface area (Å²) in [7, 11) is 1.31. The van der Waals surface area contributed by atoms with Crippen molar-refractivity contribution in [3.63, 3.8) is 0 Å². The number of carbonyl (C=O) groups excluding carboxylic acids is 1. The molecule has 1 heterocycles. The first kappa shape index (κ1) is 15.5. The van der Waals surface area contributed by atoms with Gasteiger partial charge in [0, 0.05) is 22.2 Å². The molecule has 0 saturated carbocycles. The Morgan fingerprint density at radius 1 is 1.52 bits per heavy atom. The highest BCUT2D eigenvalue weighted by atomic mass is 35.5. The summed E-state index contributed by atoms with van der Waals surface area (Å²) >= 11 is 11.2. The number of nitriles is 1. The lowest BCUT2D eigenvalue weighted by molar-refractivity contribution is -0.143. The SMILES string of the molecule is COC(=O)C1C(C)=NC([S-])=C(C#N)[C@H]1c1cccc(Cl)c1. The molecule has 0 bridgehead atoms. The van der Waals surface area contributed by atoms with Crippen molar-refractivity contribution in [3.05, 3.63) is 45.5 Å². The summed E-state index contributed by atoms with van der Waals surface area (Å²) in [4.78, 5) is 16.3. The van der Waals surface area contributed by atoms with Crippen LogP contribution in [-0.4, -0.2) is 18.8 Å². The maximum absolute atomic E-state index is 12.1. The molecule has 2 atom stereocenters. The molecular weight excluding hydrogens is 308 g/mol. The summed E-state index contributed by atoms with van der Waals surface area (Å²) in [6.45, 7) is 1.71. The van der Waals surface area contributed by atoms with E-state index in [1.165, 1.54) is 7.11 Å². The number of aliphatic imine (C=N–C) groups is 1. The number of methoxy groups -OCH3 is 1. The molecule has 108 valence electrons. The van der Waals surface area contributed by atoms with E-state index in [1.54, 1.807) is 25.1 Å². The molecule has 2 rings (SSSR count). The van der Waals surface area contributed by atoms with Gasteiger partial charge in [0.05, 0.1) is 13.2 Å². The molecule has 0 spiro atoms. The Bertz CT molecular complexity index is 691. The van der Waals surface area contributed by atoms with Crippen molar-refractivity contribution < 1.29 is 9.53 Å². The van der Waals surface area contributed by atoms with E-state index < -0.39 is 17.8 Å². The largest absolute Gasteiger partial charge is 0.759 e. The van der Waals surface area contributed by atoms with Gasteiger partial charge < -0.3 is 17.4 Å². The molecule has 1 aromatic carbocycles. The molecule has 0 amide bonds. The zero-order valence-corrected chi connectivity index (χ0v) is 13.0. The Hall–Kier alpha value is -1.90. The molecule has 1 aliphatic heterocycles. The van der Waals surface area contributed by atoms with Gasteiger partial charge in [0.2, 0.25) is 0 Å². The molecule has 0 saturated heterocycles. The lowest BCUT2D eigenvalue weighted by Gasteiger charge is -2.32. The highest BCUT2D eigenvalue weighted by Gasteiger charge is 2.38. The maximum atomic E-state index is 12.1. The minimum Gasteiger partial charge on any atom is -0.759 e. The summed E-state index contributed by atoms with van der Waals surface area (Å²) in [5, 5.41) is 10.1. The van der Waals surface area contributed by atoms with Crippen LogP contribution in [0.5, 0.6) is 0 Å². The van der Waals surface area contributed by atoms with Crippen LogP contribution in [-0.2, 0) is 22.2 Å². The van der Waals surface area contributed by atoms with Gasteiger partial charge in [0.1, 0.15) is 5.92 Å². The van der Waals surface area contributed by atoms with Crippen LogP contribution in [0.25, 0.3) is 0 Å². The third-order valence-corrected chi connectivity index (χ3v) is 3.93. The highest BCUT2D eigenvalue weighted by Crippen LogP contribution is 2.39. The van der Waals surface area contributed by atoms with E-state index >= 15 is 0 Å². The molecular formula is C15H12ClN2O2S-. The fraction of sp³-hybridized carbons (Fsp3) is 0.267. The predicted octanol–water partition coefficient (Wildman–Crippen LogP) is 2.97. The summed E-state index contributed by atoms with van der Waals surface area (Å²) in [5.41, 5.74) is 1.56. The van der Waals surface area contributed by atoms with Gasteiger partial charge in [-0.1, -0.05) is 28.8 Å². The molecule has 0 N–H and O–H groups in total. The van der Waals surface area contributed by atoms with Crippen LogP contribution in [0.3, 0.4) is 0 Å². The van der Waals surface area contributed by atoms with Crippen molar-refractivity contribution in [2.45, 2.75) is 12.8 Å². The van der Waals surface area contributed by atoms with Crippen molar-refractivity contribution in [1.29, 1.82) is 5.26 Å². The number of carbonyl (C=O) groups is 1. The summed E-state index contributed by atoms with van der Waals surface area (Å²) in [6, 6.07) is 9.10. The van der Waals surface area contributed by atoms with Crippen molar-refractivity contribution in [2.24, 2.45) is 10.9 Å². The quantitative estimate of drug-likeness (QED) is 0.621. The Balaban J connectivity index is 2.63. The van der Waals surface area contributed by atoms with Crippen molar-refractivity contribution >= 4 is 35.9 Å². The van der Waals surface area contributed by atoms with E-state index in [1.807, 2.05) is 6.07 Å². The molecule has 0 radical (unpaired) electrons. The van der Waals surface area contributed by atoms with Crippen LogP contribution in [0, 0.1) is 17.2 Å². The van der Waals surface area contributed by atoms with Gasteiger partial charge in [0.25, 0.3) is 0 Å². The first-order valence-electron chi connectivity index (χ1n) is 6.19. The summed E-state index contributed by atoms with van der Waals surface area (Å²) in [5.74, 6) is -1.64. The first-order chi connectivity index (χ1) is 9.99. The third-order valence-electron chi connectivity index (χ3n) is 3.39. The Morgan fingerprint density at radius 3 is 2.81 bits per heavy atom. The fourth-order valence-corrected chi connectivity index (χ4v) is 2.96. The molecule has 1 unspecified atom stereocenters. The average molecular weight is 320 g/mol. The van der Waals surface area contributed by atoms with E-state index in [2.05, 4.69) is 11.1 Å². The van der Waals surface area contributed by atoms with Gasteiger partial charge >= 0.3 is 5.97 Å². The van der Waals surface area contributed by atoms with E-state index in [0.717, 1.165) is 5.56 Å². The topological polar surface area (TPSA) is 62.4 Å². The number of ether oxygens (including phenoxy) is 1. The van der Waals surface area contributed by atoms with E-state index in [0.29, 0.717) is 10.7 Å². The number of rotatable bonds is 2. The van der Waals surface area contributed by atoms with Crippen LogP contribution >= 0.6 is 11.6 Å². The third kappa shape index (κ3) is 2.92. The Morgan fingerprint density at radius 2 is 2.24 bits per heavy atom. The summed E-state index contributed by atoms with van der Waals surface area (Å²) in [6.07, 6.45) is 0. The number of allylic oxidation sites excluding steroid dienone is 1. The molecule has 1 aliphatic rings. The van der Waals surface area contributed by atoms with Gasteiger partial charge in [0.15, 0.2) is 0 Å². The van der Waals surface area contributed by atoms with Gasteiger partial charge in [-0.05, 0) is 24.6 Å². The fourth-order valence-electron chi connectivity index (χ4n) is 2.44. The van der Waals surface area contributed by atoms with Crippen LogP contribution in [0.2, 0.25) is 5.02 Å². The van der Waals surface area contributed by atoms with Crippen molar-refractivity contribution in [2.75, 3.05) is 7.11 Å². The molecule has 0 aliphatic carbocycles. The van der Waals surface area contributed by atoms with Crippen LogP contribution in [0.1, 0.15) is 18.4 Å². The Labute approximate surface area is 133 Å². The second-order valence-corrected chi connectivity index (χ2v) is 5.44. The predicted molar refractivity (Wildman–Crippen MR) is 82.8 cm³/mol. The molecule has 1 aromatic rings. The lowest BCUT2D eigenvalue weighted by Crippen LogP contribution is -2.33. The smallest absolute Gasteiger partial charge is 0.315 e. The van der Waals surface area contributed by atoms with E-state index in [-0.39, 0.29) is 10.6 Å². The van der Waals surface area contributed by atoms with Crippen LogP contribution in [0.4, 0.5) is 0 Å². The minimum atomic E-state index is -0.671. The number of hydrogen-bond acceptors (Lipinski definition) is 5. The van der Waals surface area contributed by atoms with Gasteiger partial charge in [-0.3, -0.25) is 9.79 Å². The first-order valence-corrected chi connectivity index (χ1v) is 6.98. The van der Waals surface area contributed by atoms with Crippen LogP contribution < -0.4 is 0 Å². The average Bonchev–Trinajstić information content (AvgIpc) is 2.45. The van der Waals surface area contributed by atoms with E-state index in [4.69, 9.17) is 29.0 Å². The molecule has 0 fully saturated rings. The number of nitrogens with zero attached hydrogens (tertiary/aromatic N) is 2. The molecule has 4 nitrogen and oxygen atoms in total. The summed E-state index contributed by atoms with van der Waals surface area (Å²) < 4.78 is 4.85. The molecule has 21 heavy (non-hydrogen) atoms. The van der Waals surface area contributed by atoms with Gasteiger partial charge in [-0.25, -0.2) is 0 Å². The standard InChI is InChI=1S/C15H13ClN2O2S/c1-8-12(15(19)20-2)13(11(7-17)14(21)18-8)9-4-3-5-10(16)6-9/h3-6,12-13,21H,1-2H3/p-1/t12?,13-/m1/s1. The number of halogens is 1. The van der Waals surface area contributed by atoms with Crippen molar-refractivity contribution in [1.82, 2.24) is 0 Å². The monoisotopic (exact) mass is 319 g/mol. The second-order valence-electron chi connectivity index (χ2n) is 4.62. The number of hydrogen-bond donors (Lipinski definition) is 0. The molecule has 6 heteroatoms. The van der Waals surface area contributed by atoms with Crippen LogP contribution in [0.15, 0.2) is 39.9 Å². The minimum absolute atomic E-state index is 0.208. The number of esters is 1. The second kappa shape index (κ2) is 6.25. The zero-order chi connectivity index (χ0) is 15.6. The van der Waals surface area contributed by atoms with Crippen molar-refractivity contribution in [3.8, 4) is 6.07 Å². The number of benzene rings is 1. The Kier molecular flexibility index (Phi) is 4.61. The highest BCUT2D eigenvalue weighted by molar-refractivity contribution is 7.63. The van der Waals surface area contributed by atoms with Gasteiger partial charge in [-0.2, -0.15) is 5.26 Å². The molecule has 0 aromatic heterocycles. The zero-order valence-electron chi connectivity index (χ0n) is 11.5.